The molecule has 1 atom stereocenters. The summed E-state index contributed by atoms with van der Waals surface area (Å²) < 4.78 is 0. The van der Waals surface area contributed by atoms with Crippen molar-refractivity contribution in [1.29, 1.82) is 0 Å². The molecule has 0 aliphatic carbocycles. The van der Waals surface area contributed by atoms with Gasteiger partial charge in [-0.1, -0.05) is 34.6 Å². The molecular weight excluding hydrogens is 244 g/mol. The molecule has 1 amide bonds. The maximum absolute atomic E-state index is 12.1. The first-order valence-corrected chi connectivity index (χ1v) is 6.76. The molecule has 1 unspecified atom stereocenters. The molecule has 112 valence electrons. The third-order valence-electron chi connectivity index (χ3n) is 2.58. The van der Waals surface area contributed by atoms with Crippen LogP contribution in [0.3, 0.4) is 0 Å². The fraction of sp³-hybridized carbons (Fsp3) is 0.857. The van der Waals surface area contributed by atoms with E-state index in [2.05, 4.69) is 20.8 Å². The lowest BCUT2D eigenvalue weighted by Gasteiger charge is -2.27. The van der Waals surface area contributed by atoms with Crippen molar-refractivity contribution in [1.82, 2.24) is 4.90 Å². The minimum absolute atomic E-state index is 0.0649. The Kier molecular flexibility index (Phi) is 7.05. The Labute approximate surface area is 116 Å². The summed E-state index contributed by atoms with van der Waals surface area (Å²) in [6.45, 7) is 10.3. The van der Waals surface area contributed by atoms with Gasteiger partial charge in [0.15, 0.2) is 0 Å². The predicted molar refractivity (Wildman–Crippen MR) is 75.7 cm³/mol. The Bertz CT molecular complexity index is 308. The lowest BCUT2D eigenvalue weighted by molar-refractivity contribution is -0.145. The van der Waals surface area contributed by atoms with Crippen LogP contribution in [0.2, 0.25) is 0 Å². The first kappa shape index (κ1) is 17.9. The topological polar surface area (TPSA) is 83.6 Å². The van der Waals surface area contributed by atoms with E-state index in [1.165, 1.54) is 4.90 Å². The van der Waals surface area contributed by atoms with Gasteiger partial charge in [-0.3, -0.25) is 9.59 Å². The van der Waals surface area contributed by atoms with Crippen LogP contribution < -0.4 is 5.73 Å². The molecule has 0 radical (unpaired) electrons. The molecule has 19 heavy (non-hydrogen) atoms. The number of hydrogen-bond donors (Lipinski definition) is 2. The third kappa shape index (κ3) is 9.47. The first-order chi connectivity index (χ1) is 8.51. The van der Waals surface area contributed by atoms with Crippen molar-refractivity contribution >= 4 is 11.9 Å². The van der Waals surface area contributed by atoms with E-state index < -0.39 is 5.97 Å². The van der Waals surface area contributed by atoms with Crippen molar-refractivity contribution in [2.75, 3.05) is 13.1 Å². The van der Waals surface area contributed by atoms with E-state index in [4.69, 9.17) is 10.8 Å². The number of hydrogen-bond acceptors (Lipinski definition) is 3. The fourth-order valence-electron chi connectivity index (χ4n) is 2.07. The lowest BCUT2D eigenvalue weighted by Crippen LogP contribution is -2.41. The van der Waals surface area contributed by atoms with Gasteiger partial charge >= 0.3 is 5.97 Å². The van der Waals surface area contributed by atoms with E-state index in [1.807, 2.05) is 13.8 Å². The maximum Gasteiger partial charge on any atom is 0.323 e. The summed E-state index contributed by atoms with van der Waals surface area (Å²) >= 11 is 0. The minimum atomic E-state index is -0.988. The number of rotatable bonds is 7. The van der Waals surface area contributed by atoms with E-state index in [0.29, 0.717) is 6.54 Å². The Hall–Kier alpha value is -1.10. The average Bonchev–Trinajstić information content (AvgIpc) is 2.11. The minimum Gasteiger partial charge on any atom is -0.480 e. The normalized spacial score (nSPS) is 13.4. The molecule has 0 rings (SSSR count). The Balaban J connectivity index is 4.50. The van der Waals surface area contributed by atoms with Crippen molar-refractivity contribution < 1.29 is 14.7 Å². The van der Waals surface area contributed by atoms with Gasteiger partial charge in [0.2, 0.25) is 5.91 Å². The van der Waals surface area contributed by atoms with Gasteiger partial charge in [0.05, 0.1) is 0 Å². The molecule has 0 saturated carbocycles. The lowest BCUT2D eigenvalue weighted by atomic mass is 9.87. The summed E-state index contributed by atoms with van der Waals surface area (Å²) in [6.07, 6.45) is 0.943. The summed E-state index contributed by atoms with van der Waals surface area (Å²) in [5.41, 5.74) is 6.03. The standard InChI is InChI=1S/C14H28N2O3/c1-10(2)8-16(9-13(18)19)12(17)6-11(15)7-14(3,4)5/h10-11H,6-9,15H2,1-5H3,(H,18,19). The van der Waals surface area contributed by atoms with Crippen LogP contribution in [-0.2, 0) is 9.59 Å². The van der Waals surface area contributed by atoms with Gasteiger partial charge in [-0.2, -0.15) is 0 Å². The third-order valence-corrected chi connectivity index (χ3v) is 2.58. The molecule has 0 aromatic rings. The predicted octanol–water partition coefficient (Wildman–Crippen LogP) is 1.71. The van der Waals surface area contributed by atoms with Crippen molar-refractivity contribution in [2.45, 2.75) is 53.5 Å². The van der Waals surface area contributed by atoms with Crippen LogP contribution in [0.1, 0.15) is 47.5 Å². The first-order valence-electron chi connectivity index (χ1n) is 6.76. The number of carboxylic acids is 1. The number of carbonyl (C=O) groups is 2. The van der Waals surface area contributed by atoms with Crippen molar-refractivity contribution in [3.05, 3.63) is 0 Å². The molecule has 5 nitrogen and oxygen atoms in total. The van der Waals surface area contributed by atoms with Crippen LogP contribution in [0.5, 0.6) is 0 Å². The number of nitrogens with zero attached hydrogens (tertiary/aromatic N) is 1. The highest BCUT2D eigenvalue weighted by atomic mass is 16.4. The van der Waals surface area contributed by atoms with Gasteiger partial charge < -0.3 is 15.7 Å². The summed E-state index contributed by atoms with van der Waals surface area (Å²) in [4.78, 5) is 24.3. The van der Waals surface area contributed by atoms with E-state index in [0.717, 1.165) is 6.42 Å². The number of amides is 1. The summed E-state index contributed by atoms with van der Waals surface area (Å²) in [6, 6.07) is -0.226. The van der Waals surface area contributed by atoms with Gasteiger partial charge in [-0.15, -0.1) is 0 Å². The van der Waals surface area contributed by atoms with Crippen LogP contribution in [0.4, 0.5) is 0 Å². The highest BCUT2D eigenvalue weighted by Crippen LogP contribution is 2.21. The number of nitrogens with two attached hydrogens (primary N) is 1. The van der Waals surface area contributed by atoms with Gasteiger partial charge in [0, 0.05) is 19.0 Å². The molecule has 0 saturated heterocycles. The number of carbonyl (C=O) groups excluding carboxylic acids is 1. The van der Waals surface area contributed by atoms with Crippen molar-refractivity contribution in [2.24, 2.45) is 17.1 Å². The monoisotopic (exact) mass is 272 g/mol. The van der Waals surface area contributed by atoms with E-state index in [9.17, 15) is 9.59 Å². The molecular formula is C14H28N2O3. The zero-order chi connectivity index (χ0) is 15.2. The van der Waals surface area contributed by atoms with Crippen molar-refractivity contribution in [3.8, 4) is 0 Å². The van der Waals surface area contributed by atoms with E-state index in [-0.39, 0.29) is 36.2 Å². The molecule has 0 bridgehead atoms. The summed E-state index contributed by atoms with van der Waals surface area (Å²) in [7, 11) is 0. The van der Waals surface area contributed by atoms with Crippen LogP contribution in [-0.4, -0.2) is 41.0 Å². The van der Waals surface area contributed by atoms with Gasteiger partial charge in [-0.05, 0) is 17.8 Å². The molecule has 5 heteroatoms. The molecule has 0 spiro atoms. The Morgan fingerprint density at radius 3 is 2.16 bits per heavy atom. The van der Waals surface area contributed by atoms with E-state index >= 15 is 0 Å². The summed E-state index contributed by atoms with van der Waals surface area (Å²) in [5, 5.41) is 8.84. The Morgan fingerprint density at radius 2 is 1.79 bits per heavy atom. The molecule has 0 aliphatic heterocycles. The van der Waals surface area contributed by atoms with Crippen LogP contribution in [0.25, 0.3) is 0 Å². The second kappa shape index (κ2) is 7.48. The average molecular weight is 272 g/mol. The molecule has 0 aromatic carbocycles. The number of aliphatic carboxylic acids is 1. The van der Waals surface area contributed by atoms with Crippen LogP contribution in [0.15, 0.2) is 0 Å². The molecule has 3 N–H and O–H groups in total. The molecule has 0 fully saturated rings. The smallest absolute Gasteiger partial charge is 0.323 e. The quantitative estimate of drug-likeness (QED) is 0.739. The number of carboxylic acid groups (broad SMARTS) is 1. The highest BCUT2D eigenvalue weighted by molar-refractivity contribution is 5.81. The largest absolute Gasteiger partial charge is 0.480 e. The zero-order valence-corrected chi connectivity index (χ0v) is 12.8. The van der Waals surface area contributed by atoms with Gasteiger partial charge in [0.25, 0.3) is 0 Å². The van der Waals surface area contributed by atoms with E-state index in [1.54, 1.807) is 0 Å². The second-order valence-corrected chi connectivity index (χ2v) is 6.79. The molecule has 0 heterocycles. The molecule has 0 aromatic heterocycles. The van der Waals surface area contributed by atoms with Gasteiger partial charge in [-0.25, -0.2) is 0 Å². The summed E-state index contributed by atoms with van der Waals surface area (Å²) in [5.74, 6) is -0.923. The maximum atomic E-state index is 12.1. The zero-order valence-electron chi connectivity index (χ0n) is 12.8. The van der Waals surface area contributed by atoms with Crippen LogP contribution in [0, 0.1) is 11.3 Å². The highest BCUT2D eigenvalue weighted by Gasteiger charge is 2.23. The van der Waals surface area contributed by atoms with Gasteiger partial charge in [0.1, 0.15) is 6.54 Å². The molecule has 0 aliphatic rings. The Morgan fingerprint density at radius 1 is 1.26 bits per heavy atom. The fourth-order valence-corrected chi connectivity index (χ4v) is 2.07. The van der Waals surface area contributed by atoms with Crippen LogP contribution >= 0.6 is 0 Å². The van der Waals surface area contributed by atoms with Crippen molar-refractivity contribution in [3.63, 3.8) is 0 Å². The SMILES string of the molecule is CC(C)CN(CC(=O)O)C(=O)CC(N)CC(C)(C)C. The second-order valence-electron chi connectivity index (χ2n) is 6.79.